The molecule has 210 valence electrons. The van der Waals surface area contributed by atoms with Crippen LogP contribution in [0.1, 0.15) is 29.9 Å². The maximum atomic E-state index is 13.8. The summed E-state index contributed by atoms with van der Waals surface area (Å²) >= 11 is 0. The predicted molar refractivity (Wildman–Crippen MR) is 160 cm³/mol. The molecule has 0 radical (unpaired) electrons. The Balaban J connectivity index is 1.48. The van der Waals surface area contributed by atoms with Crippen molar-refractivity contribution >= 4 is 38.1 Å². The molecule has 6 rings (SSSR count). The Bertz CT molecular complexity index is 2190. The highest BCUT2D eigenvalue weighted by Gasteiger charge is 2.22. The molecule has 4 aromatic heterocycles. The van der Waals surface area contributed by atoms with Crippen LogP contribution in [0.3, 0.4) is 0 Å². The van der Waals surface area contributed by atoms with Gasteiger partial charge in [-0.1, -0.05) is 18.2 Å². The summed E-state index contributed by atoms with van der Waals surface area (Å²) in [7, 11) is -3.57. The molecule has 1 unspecified atom stereocenters. The number of anilines is 2. The number of benzene rings is 2. The fourth-order valence-electron chi connectivity index (χ4n) is 5.03. The van der Waals surface area contributed by atoms with E-state index in [0.29, 0.717) is 45.0 Å². The molecule has 0 aliphatic rings. The second-order valence-corrected chi connectivity index (χ2v) is 11.7. The zero-order chi connectivity index (χ0) is 29.6. The Kier molecular flexibility index (Phi) is 6.47. The third-order valence-electron chi connectivity index (χ3n) is 6.81. The average Bonchev–Trinajstić information content (AvgIpc) is 3.56. The smallest absolute Gasteiger partial charge is 0.282 e. The van der Waals surface area contributed by atoms with E-state index >= 15 is 0 Å². The highest BCUT2D eigenvalue weighted by Crippen LogP contribution is 2.35. The summed E-state index contributed by atoms with van der Waals surface area (Å²) in [4.78, 5) is 25.8. The van der Waals surface area contributed by atoms with E-state index in [1.807, 2.05) is 50.2 Å². The normalized spacial score (nSPS) is 12.3. The number of H-pyrrole nitrogens is 1. The van der Waals surface area contributed by atoms with Crippen LogP contribution >= 0.6 is 0 Å². The number of para-hydroxylation sites is 1. The second kappa shape index (κ2) is 10.2. The number of aromatic nitrogens is 6. The quantitative estimate of drug-likeness (QED) is 0.254. The van der Waals surface area contributed by atoms with Crippen LogP contribution in [0, 0.1) is 18.3 Å². The molecule has 2 aromatic carbocycles. The average molecular weight is 580 g/mol. The first-order chi connectivity index (χ1) is 20.1. The van der Waals surface area contributed by atoms with Crippen LogP contribution in [-0.2, 0) is 10.0 Å². The zero-order valence-electron chi connectivity index (χ0n) is 22.8. The number of hydrogen-bond acceptors (Lipinski definition) is 8. The Morgan fingerprint density at radius 1 is 1.10 bits per heavy atom. The number of nitrogens with zero attached hydrogens (tertiary/aromatic N) is 6. The number of hydrogen-bond donors (Lipinski definition) is 3. The molecule has 4 heterocycles. The molecule has 0 saturated carbocycles. The maximum Gasteiger partial charge on any atom is 0.282 e. The van der Waals surface area contributed by atoms with Gasteiger partial charge in [-0.15, -0.1) is 0 Å². The third-order valence-corrected chi connectivity index (χ3v) is 7.42. The summed E-state index contributed by atoms with van der Waals surface area (Å²) in [6.45, 7) is 3.76. The Hall–Kier alpha value is -5.48. The van der Waals surface area contributed by atoms with E-state index in [2.05, 4.69) is 31.1 Å². The van der Waals surface area contributed by atoms with Crippen molar-refractivity contribution < 1.29 is 8.42 Å². The predicted octanol–water partition coefficient (Wildman–Crippen LogP) is 4.15. The minimum atomic E-state index is -3.57. The van der Waals surface area contributed by atoms with Gasteiger partial charge in [0.2, 0.25) is 10.0 Å². The molecule has 0 aliphatic heterocycles. The van der Waals surface area contributed by atoms with Gasteiger partial charge in [-0.3, -0.25) is 14.1 Å². The van der Waals surface area contributed by atoms with Crippen molar-refractivity contribution in [3.8, 4) is 22.9 Å². The number of rotatable bonds is 7. The van der Waals surface area contributed by atoms with E-state index in [4.69, 9.17) is 5.10 Å². The topological polar surface area (TPSA) is 163 Å². The van der Waals surface area contributed by atoms with Crippen molar-refractivity contribution in [3.63, 3.8) is 0 Å². The molecule has 1 atom stereocenters. The van der Waals surface area contributed by atoms with Crippen LogP contribution < -0.4 is 15.6 Å². The first kappa shape index (κ1) is 26.7. The van der Waals surface area contributed by atoms with Gasteiger partial charge in [-0.25, -0.2) is 22.9 Å². The molecule has 0 amide bonds. The highest BCUT2D eigenvalue weighted by molar-refractivity contribution is 7.92. The second-order valence-electron chi connectivity index (χ2n) is 9.93. The summed E-state index contributed by atoms with van der Waals surface area (Å²) in [5.41, 5.74) is 4.09. The third kappa shape index (κ3) is 4.84. The largest absolute Gasteiger partial charge is 0.360 e. The van der Waals surface area contributed by atoms with Crippen molar-refractivity contribution in [2.24, 2.45) is 0 Å². The van der Waals surface area contributed by atoms with E-state index in [1.165, 1.54) is 12.4 Å². The molecule has 3 N–H and O–H groups in total. The first-order valence-corrected chi connectivity index (χ1v) is 14.8. The molecule has 6 aromatic rings. The fraction of sp³-hybridized carbons (Fsp3) is 0.138. The van der Waals surface area contributed by atoms with Crippen LogP contribution in [-0.4, -0.2) is 43.8 Å². The van der Waals surface area contributed by atoms with Crippen molar-refractivity contribution in [2.75, 3.05) is 16.3 Å². The van der Waals surface area contributed by atoms with Crippen LogP contribution in [0.4, 0.5) is 11.5 Å². The van der Waals surface area contributed by atoms with E-state index < -0.39 is 16.1 Å². The molecular formula is C29H25N9O3S. The van der Waals surface area contributed by atoms with Crippen LogP contribution in [0.5, 0.6) is 0 Å². The number of aryl methyl sites for hydroxylation is 1. The van der Waals surface area contributed by atoms with E-state index in [0.717, 1.165) is 11.8 Å². The van der Waals surface area contributed by atoms with Crippen molar-refractivity contribution in [1.82, 2.24) is 29.1 Å². The number of fused-ring (bicyclic) bond motifs is 2. The number of nitrogens with one attached hydrogen (secondary N) is 3. The van der Waals surface area contributed by atoms with E-state index in [9.17, 15) is 18.5 Å². The molecule has 42 heavy (non-hydrogen) atoms. The molecule has 0 spiro atoms. The molecule has 0 fully saturated rings. The Morgan fingerprint density at radius 2 is 1.88 bits per heavy atom. The van der Waals surface area contributed by atoms with Gasteiger partial charge in [0.05, 0.1) is 40.7 Å². The molecule has 0 saturated heterocycles. The molecule has 12 nitrogen and oxygen atoms in total. The van der Waals surface area contributed by atoms with Gasteiger partial charge in [-0.2, -0.15) is 10.4 Å². The van der Waals surface area contributed by atoms with Gasteiger partial charge in [0.15, 0.2) is 5.82 Å². The number of sulfonamides is 1. The lowest BCUT2D eigenvalue weighted by molar-refractivity contribution is 0.607. The summed E-state index contributed by atoms with van der Waals surface area (Å²) in [5.74, 6) is 0.922. The summed E-state index contributed by atoms with van der Waals surface area (Å²) in [6.07, 6.45) is 5.94. The van der Waals surface area contributed by atoms with Crippen molar-refractivity contribution in [2.45, 2.75) is 19.9 Å². The van der Waals surface area contributed by atoms with Crippen LogP contribution in [0.25, 0.3) is 33.4 Å². The molecule has 0 bridgehead atoms. The van der Waals surface area contributed by atoms with Crippen LogP contribution in [0.2, 0.25) is 0 Å². The number of aromatic amines is 1. The lowest BCUT2D eigenvalue weighted by Crippen LogP contribution is -2.29. The van der Waals surface area contributed by atoms with Crippen LogP contribution in [0.15, 0.2) is 78.1 Å². The zero-order valence-corrected chi connectivity index (χ0v) is 23.6. The summed E-state index contributed by atoms with van der Waals surface area (Å²) in [5, 5.41) is 18.4. The lowest BCUT2D eigenvalue weighted by Gasteiger charge is -2.20. The Labute approximate surface area is 240 Å². The van der Waals surface area contributed by atoms with Gasteiger partial charge in [0.1, 0.15) is 23.3 Å². The maximum absolute atomic E-state index is 13.8. The Morgan fingerprint density at radius 3 is 2.62 bits per heavy atom. The number of nitriles is 1. The summed E-state index contributed by atoms with van der Waals surface area (Å²) in [6, 6.07) is 17.5. The van der Waals surface area contributed by atoms with Gasteiger partial charge >= 0.3 is 0 Å². The van der Waals surface area contributed by atoms with Gasteiger partial charge < -0.3 is 10.3 Å². The minimum absolute atomic E-state index is 0.197. The fourth-order valence-corrected chi connectivity index (χ4v) is 5.57. The lowest BCUT2D eigenvalue weighted by atomic mass is 10.0. The summed E-state index contributed by atoms with van der Waals surface area (Å²) < 4.78 is 29.4. The monoisotopic (exact) mass is 579 g/mol. The van der Waals surface area contributed by atoms with E-state index in [1.54, 1.807) is 33.6 Å². The SMILES string of the molecule is Cc1ccn2nc(C(C)Nc3ncnc4[nH]cc(-c5cc(C#N)cc(NS(C)(=O)=O)c5)c34)n(-c3ccccc3)c(=O)c12. The first-order valence-electron chi connectivity index (χ1n) is 12.9. The highest BCUT2D eigenvalue weighted by atomic mass is 32.2. The van der Waals surface area contributed by atoms with Crippen molar-refractivity contribution in [3.05, 3.63) is 101 Å². The molecular weight excluding hydrogens is 554 g/mol. The van der Waals surface area contributed by atoms with Gasteiger partial charge in [-0.05, 0) is 61.4 Å². The van der Waals surface area contributed by atoms with E-state index in [-0.39, 0.29) is 16.8 Å². The molecule has 0 aliphatic carbocycles. The molecule has 13 heteroatoms. The minimum Gasteiger partial charge on any atom is -0.360 e. The van der Waals surface area contributed by atoms with Gasteiger partial charge in [0.25, 0.3) is 5.56 Å². The van der Waals surface area contributed by atoms with Crippen molar-refractivity contribution in [1.29, 1.82) is 5.26 Å². The standard InChI is InChI=1S/C29H25N9O3S/c1-17-9-10-37-25(17)29(39)38(22-7-5-4-6-8-22)28(35-37)18(2)34-27-24-23(15-31-26(24)32-16-33-27)20-11-19(14-30)12-21(13-20)36-42(3,40)41/h4-13,15-16,18,36H,1-3H3,(H2,31,32,33,34). The van der Waals surface area contributed by atoms with Gasteiger partial charge in [0, 0.05) is 18.0 Å².